The standard InChI is InChI=1S/C24H23NO2/c1-3-20(18-26-22-16-14-19(2)15-17-22)24(25-21-10-6-4-7-11-21)27-23-12-8-5-9-13-23/h4-18H,3H2,1-2H3. The van der Waals surface area contributed by atoms with Crippen molar-refractivity contribution in [3.63, 3.8) is 0 Å². The van der Waals surface area contributed by atoms with Crippen molar-refractivity contribution in [2.45, 2.75) is 20.3 Å². The molecule has 0 unspecified atom stereocenters. The van der Waals surface area contributed by atoms with Gasteiger partial charge in [0.25, 0.3) is 0 Å². The van der Waals surface area contributed by atoms with E-state index in [-0.39, 0.29) is 0 Å². The molecule has 0 radical (unpaired) electrons. The lowest BCUT2D eigenvalue weighted by atomic mass is 10.2. The van der Waals surface area contributed by atoms with E-state index in [1.807, 2.05) is 84.9 Å². The molecule has 0 aliphatic heterocycles. The second kappa shape index (κ2) is 9.39. The second-order valence-electron chi connectivity index (χ2n) is 6.10. The van der Waals surface area contributed by atoms with Crippen LogP contribution in [0, 0.1) is 6.92 Å². The van der Waals surface area contributed by atoms with Gasteiger partial charge in [0.1, 0.15) is 11.5 Å². The lowest BCUT2D eigenvalue weighted by Gasteiger charge is -2.12. The molecule has 0 aliphatic rings. The summed E-state index contributed by atoms with van der Waals surface area (Å²) in [6.45, 7) is 4.11. The smallest absolute Gasteiger partial charge is 0.226 e. The van der Waals surface area contributed by atoms with Crippen molar-refractivity contribution in [1.82, 2.24) is 0 Å². The zero-order valence-corrected chi connectivity index (χ0v) is 15.6. The molecule has 0 saturated carbocycles. The third-order valence-corrected chi connectivity index (χ3v) is 3.96. The van der Waals surface area contributed by atoms with Crippen LogP contribution in [0.5, 0.6) is 11.5 Å². The normalized spacial score (nSPS) is 11.9. The number of aryl methyl sites for hydroxylation is 1. The number of rotatable bonds is 6. The van der Waals surface area contributed by atoms with Crippen LogP contribution < -0.4 is 9.47 Å². The molecule has 136 valence electrons. The van der Waals surface area contributed by atoms with Crippen molar-refractivity contribution >= 4 is 11.6 Å². The first-order valence-electron chi connectivity index (χ1n) is 9.04. The minimum atomic E-state index is 0.530. The molecular formula is C24H23NO2. The monoisotopic (exact) mass is 357 g/mol. The van der Waals surface area contributed by atoms with Gasteiger partial charge in [0.15, 0.2) is 0 Å². The van der Waals surface area contributed by atoms with Crippen molar-refractivity contribution in [2.75, 3.05) is 0 Å². The van der Waals surface area contributed by atoms with Gasteiger partial charge < -0.3 is 9.47 Å². The van der Waals surface area contributed by atoms with Crippen molar-refractivity contribution in [1.29, 1.82) is 0 Å². The van der Waals surface area contributed by atoms with Gasteiger partial charge in [-0.2, -0.15) is 0 Å². The Hall–Kier alpha value is -3.33. The van der Waals surface area contributed by atoms with Crippen LogP contribution in [0.15, 0.2) is 102 Å². The van der Waals surface area contributed by atoms with Crippen molar-refractivity contribution in [3.05, 3.63) is 102 Å². The van der Waals surface area contributed by atoms with E-state index in [9.17, 15) is 0 Å². The van der Waals surface area contributed by atoms with Crippen molar-refractivity contribution in [2.24, 2.45) is 4.99 Å². The Kier molecular flexibility index (Phi) is 6.42. The fourth-order valence-electron chi connectivity index (χ4n) is 2.42. The van der Waals surface area contributed by atoms with Crippen LogP contribution in [0.1, 0.15) is 18.9 Å². The zero-order valence-electron chi connectivity index (χ0n) is 15.6. The molecule has 0 amide bonds. The van der Waals surface area contributed by atoms with Crippen LogP contribution in [-0.2, 0) is 0 Å². The van der Waals surface area contributed by atoms with Crippen LogP contribution in [-0.4, -0.2) is 5.90 Å². The van der Waals surface area contributed by atoms with Crippen LogP contribution in [0.3, 0.4) is 0 Å². The molecule has 3 rings (SSSR count). The summed E-state index contributed by atoms with van der Waals surface area (Å²) in [4.78, 5) is 4.70. The molecule has 0 atom stereocenters. The van der Waals surface area contributed by atoms with Crippen LogP contribution in [0.4, 0.5) is 5.69 Å². The van der Waals surface area contributed by atoms with Gasteiger partial charge in [-0.25, -0.2) is 4.99 Å². The second-order valence-corrected chi connectivity index (χ2v) is 6.10. The molecule has 3 nitrogen and oxygen atoms in total. The Morgan fingerprint density at radius 1 is 0.815 bits per heavy atom. The summed E-state index contributed by atoms with van der Waals surface area (Å²) in [5.74, 6) is 2.05. The van der Waals surface area contributed by atoms with Gasteiger partial charge in [-0.05, 0) is 49.7 Å². The highest BCUT2D eigenvalue weighted by molar-refractivity contribution is 5.96. The van der Waals surface area contributed by atoms with E-state index in [0.717, 1.165) is 29.2 Å². The highest BCUT2D eigenvalue weighted by atomic mass is 16.5. The molecule has 0 bridgehead atoms. The van der Waals surface area contributed by atoms with Crippen LogP contribution >= 0.6 is 0 Å². The summed E-state index contributed by atoms with van der Waals surface area (Å²) in [7, 11) is 0. The molecule has 0 aliphatic carbocycles. The Balaban J connectivity index is 1.90. The van der Waals surface area contributed by atoms with E-state index < -0.39 is 0 Å². The minimum absolute atomic E-state index is 0.530. The van der Waals surface area contributed by atoms with Crippen LogP contribution in [0.2, 0.25) is 0 Å². The van der Waals surface area contributed by atoms with E-state index in [1.54, 1.807) is 6.26 Å². The Labute approximate surface area is 160 Å². The van der Waals surface area contributed by atoms with E-state index in [0.29, 0.717) is 5.90 Å². The molecule has 0 aromatic heterocycles. The number of para-hydroxylation sites is 2. The highest BCUT2D eigenvalue weighted by Gasteiger charge is 2.10. The minimum Gasteiger partial charge on any atom is -0.465 e. The number of benzene rings is 3. The molecule has 3 aromatic carbocycles. The van der Waals surface area contributed by atoms with E-state index in [4.69, 9.17) is 14.5 Å². The third-order valence-electron chi connectivity index (χ3n) is 3.96. The molecule has 0 N–H and O–H groups in total. The predicted octanol–water partition coefficient (Wildman–Crippen LogP) is 6.48. The number of aliphatic imine (C=N–C) groups is 1. The Morgan fingerprint density at radius 3 is 2.07 bits per heavy atom. The molecular weight excluding hydrogens is 334 g/mol. The summed E-state index contributed by atoms with van der Waals surface area (Å²) in [5.41, 5.74) is 2.90. The molecule has 0 heterocycles. The zero-order chi connectivity index (χ0) is 18.9. The van der Waals surface area contributed by atoms with E-state index >= 15 is 0 Å². The van der Waals surface area contributed by atoms with Gasteiger partial charge in [0.05, 0.1) is 11.9 Å². The Morgan fingerprint density at radius 2 is 1.44 bits per heavy atom. The number of nitrogens with zero attached hydrogens (tertiary/aromatic N) is 1. The van der Waals surface area contributed by atoms with Gasteiger partial charge in [-0.3, -0.25) is 0 Å². The number of hydrogen-bond acceptors (Lipinski definition) is 3. The molecule has 3 heteroatoms. The summed E-state index contributed by atoms with van der Waals surface area (Å²) in [6, 6.07) is 27.4. The quantitative estimate of drug-likeness (QED) is 0.287. The maximum atomic E-state index is 6.08. The highest BCUT2D eigenvalue weighted by Crippen LogP contribution is 2.20. The maximum absolute atomic E-state index is 6.08. The molecule has 0 saturated heterocycles. The maximum Gasteiger partial charge on any atom is 0.226 e. The van der Waals surface area contributed by atoms with Gasteiger partial charge in [0, 0.05) is 5.57 Å². The van der Waals surface area contributed by atoms with Crippen molar-refractivity contribution < 1.29 is 9.47 Å². The lowest BCUT2D eigenvalue weighted by molar-refractivity contribution is 0.471. The number of ether oxygens (including phenoxy) is 2. The lowest BCUT2D eigenvalue weighted by Crippen LogP contribution is -2.12. The summed E-state index contributed by atoms with van der Waals surface area (Å²) >= 11 is 0. The predicted molar refractivity (Wildman–Crippen MR) is 111 cm³/mol. The Bertz CT molecular complexity index is 898. The fraction of sp³-hybridized carbons (Fsp3) is 0.125. The first-order chi connectivity index (χ1) is 13.2. The molecule has 0 fully saturated rings. The largest absolute Gasteiger partial charge is 0.465 e. The average molecular weight is 357 g/mol. The number of hydrogen-bond donors (Lipinski definition) is 0. The summed E-state index contributed by atoms with van der Waals surface area (Å²) in [5, 5.41) is 0. The van der Waals surface area contributed by atoms with Gasteiger partial charge in [-0.1, -0.05) is 61.0 Å². The van der Waals surface area contributed by atoms with Gasteiger partial charge in [0.2, 0.25) is 5.90 Å². The van der Waals surface area contributed by atoms with E-state index in [1.165, 1.54) is 5.56 Å². The van der Waals surface area contributed by atoms with E-state index in [2.05, 4.69) is 13.8 Å². The first-order valence-corrected chi connectivity index (χ1v) is 9.04. The summed E-state index contributed by atoms with van der Waals surface area (Å²) in [6.07, 6.45) is 2.44. The van der Waals surface area contributed by atoms with Gasteiger partial charge >= 0.3 is 0 Å². The third kappa shape index (κ3) is 5.58. The first kappa shape index (κ1) is 18.5. The average Bonchev–Trinajstić information content (AvgIpc) is 2.71. The molecule has 27 heavy (non-hydrogen) atoms. The topological polar surface area (TPSA) is 30.8 Å². The van der Waals surface area contributed by atoms with Crippen LogP contribution in [0.25, 0.3) is 0 Å². The van der Waals surface area contributed by atoms with Crippen molar-refractivity contribution in [3.8, 4) is 11.5 Å². The molecule has 3 aromatic rings. The van der Waals surface area contributed by atoms with Gasteiger partial charge in [-0.15, -0.1) is 0 Å². The summed E-state index contributed by atoms with van der Waals surface area (Å²) < 4.78 is 11.9. The SMILES string of the molecule is CCC(=COc1ccc(C)cc1)C(=Nc1ccccc1)Oc1ccccc1. The molecule has 0 spiro atoms. The fourth-order valence-corrected chi connectivity index (χ4v) is 2.42.